The number of amides is 2. The molecule has 3 aromatic rings. The first-order valence-electron chi connectivity index (χ1n) is 9.07. The molecule has 2 amide bonds. The Hall–Kier alpha value is -2.58. The zero-order chi connectivity index (χ0) is 19.5. The summed E-state index contributed by atoms with van der Waals surface area (Å²) in [6.45, 7) is 1.89. The van der Waals surface area contributed by atoms with Crippen molar-refractivity contribution in [2.24, 2.45) is 5.73 Å². The van der Waals surface area contributed by atoms with Gasteiger partial charge >= 0.3 is 0 Å². The topological polar surface area (TPSA) is 88.3 Å². The van der Waals surface area contributed by atoms with Crippen LogP contribution in [0.25, 0.3) is 10.2 Å². The van der Waals surface area contributed by atoms with Crippen LogP contribution in [0.5, 0.6) is 0 Å². The summed E-state index contributed by atoms with van der Waals surface area (Å²) in [5.74, 6) is -0.390. The molecule has 28 heavy (non-hydrogen) atoms. The lowest BCUT2D eigenvalue weighted by Crippen LogP contribution is -2.22. The normalized spacial score (nSPS) is 13.8. The number of para-hydroxylation sites is 1. The summed E-state index contributed by atoms with van der Waals surface area (Å²) in [4.78, 5) is 30.9. The van der Waals surface area contributed by atoms with Gasteiger partial charge in [-0.2, -0.15) is 0 Å². The Morgan fingerprint density at radius 3 is 2.71 bits per heavy atom. The molecular weight excluding hydrogens is 392 g/mol. The third-order valence-electron chi connectivity index (χ3n) is 4.60. The first-order chi connectivity index (χ1) is 13.6. The molecule has 1 saturated heterocycles. The quantitative estimate of drug-likeness (QED) is 0.603. The van der Waals surface area contributed by atoms with Crippen LogP contribution in [-0.4, -0.2) is 35.6 Å². The first kappa shape index (κ1) is 18.8. The zero-order valence-electron chi connectivity index (χ0n) is 15.2. The van der Waals surface area contributed by atoms with Gasteiger partial charge in [0, 0.05) is 18.7 Å². The smallest absolute Gasteiger partial charge is 0.248 e. The minimum Gasteiger partial charge on any atom is -0.370 e. The van der Waals surface area contributed by atoms with Crippen LogP contribution in [0, 0.1) is 0 Å². The molecule has 0 spiro atoms. The molecule has 0 bridgehead atoms. The van der Waals surface area contributed by atoms with Gasteiger partial charge in [0.25, 0.3) is 0 Å². The Morgan fingerprint density at radius 1 is 1.18 bits per heavy atom. The van der Waals surface area contributed by atoms with E-state index in [1.165, 1.54) is 11.8 Å². The lowest BCUT2D eigenvalue weighted by molar-refractivity contribution is -0.113. The number of thiazole rings is 1. The molecule has 1 fully saturated rings. The van der Waals surface area contributed by atoms with Gasteiger partial charge in [0.2, 0.25) is 11.8 Å². The highest BCUT2D eigenvalue weighted by Gasteiger charge is 2.18. The Bertz CT molecular complexity index is 995. The molecule has 3 N–H and O–H groups in total. The monoisotopic (exact) mass is 412 g/mol. The first-order valence-corrected chi connectivity index (χ1v) is 10.9. The number of carbonyl (C=O) groups excluding carboxylic acids is 2. The van der Waals surface area contributed by atoms with Crippen molar-refractivity contribution >= 4 is 56.5 Å². The van der Waals surface area contributed by atoms with E-state index in [0.717, 1.165) is 46.2 Å². The summed E-state index contributed by atoms with van der Waals surface area (Å²) in [7, 11) is 0. The summed E-state index contributed by atoms with van der Waals surface area (Å²) in [5.41, 5.74) is 8.31. The molecular formula is C20H20N4O2S2. The van der Waals surface area contributed by atoms with Crippen LogP contribution in [0.4, 0.5) is 11.4 Å². The standard InChI is InChI=1S/C20H20N4O2S2/c21-19(26)13-7-8-16(24-9-3-4-10-24)15(11-13)22-18(25)12-27-20-23-14-5-1-2-6-17(14)28-20/h1-2,5-8,11H,3-4,9-10,12H2,(H2,21,26)(H,22,25). The summed E-state index contributed by atoms with van der Waals surface area (Å²) in [6, 6.07) is 13.2. The third kappa shape index (κ3) is 4.13. The summed E-state index contributed by atoms with van der Waals surface area (Å²) < 4.78 is 1.97. The summed E-state index contributed by atoms with van der Waals surface area (Å²) >= 11 is 2.99. The number of aromatic nitrogens is 1. The number of fused-ring (bicyclic) bond motifs is 1. The van der Waals surface area contributed by atoms with E-state index in [4.69, 9.17) is 5.73 Å². The molecule has 6 nitrogen and oxygen atoms in total. The van der Waals surface area contributed by atoms with Crippen molar-refractivity contribution in [3.63, 3.8) is 0 Å². The number of nitrogens with two attached hydrogens (primary N) is 1. The molecule has 0 radical (unpaired) electrons. The van der Waals surface area contributed by atoms with E-state index in [1.807, 2.05) is 30.3 Å². The number of nitrogens with one attached hydrogen (secondary N) is 1. The van der Waals surface area contributed by atoms with Crippen molar-refractivity contribution in [3.05, 3.63) is 48.0 Å². The highest BCUT2D eigenvalue weighted by Crippen LogP contribution is 2.32. The van der Waals surface area contributed by atoms with Crippen molar-refractivity contribution in [1.82, 2.24) is 4.98 Å². The average Bonchev–Trinajstić information content (AvgIpc) is 3.35. The molecule has 0 saturated carbocycles. The van der Waals surface area contributed by atoms with E-state index in [0.29, 0.717) is 11.3 Å². The lowest BCUT2D eigenvalue weighted by atomic mass is 10.1. The molecule has 8 heteroatoms. The van der Waals surface area contributed by atoms with E-state index in [1.54, 1.807) is 23.5 Å². The van der Waals surface area contributed by atoms with Crippen molar-refractivity contribution in [3.8, 4) is 0 Å². The Kier molecular flexibility index (Phi) is 5.50. The zero-order valence-corrected chi connectivity index (χ0v) is 16.8. The minimum absolute atomic E-state index is 0.133. The highest BCUT2D eigenvalue weighted by atomic mass is 32.2. The summed E-state index contributed by atoms with van der Waals surface area (Å²) in [5, 5.41) is 2.95. The van der Waals surface area contributed by atoms with E-state index >= 15 is 0 Å². The van der Waals surface area contributed by atoms with Crippen LogP contribution >= 0.6 is 23.1 Å². The van der Waals surface area contributed by atoms with Crippen molar-refractivity contribution in [2.75, 3.05) is 29.1 Å². The molecule has 0 unspecified atom stereocenters. The van der Waals surface area contributed by atoms with Gasteiger partial charge in [-0.05, 0) is 43.2 Å². The molecule has 2 heterocycles. The second kappa shape index (κ2) is 8.20. The van der Waals surface area contributed by atoms with Crippen molar-refractivity contribution in [1.29, 1.82) is 0 Å². The van der Waals surface area contributed by atoms with Crippen molar-refractivity contribution < 1.29 is 9.59 Å². The fourth-order valence-corrected chi connectivity index (χ4v) is 5.12. The molecule has 144 valence electrons. The Labute approximate surface area is 171 Å². The Balaban J connectivity index is 1.47. The number of rotatable bonds is 6. The van der Waals surface area contributed by atoms with Gasteiger partial charge in [-0.15, -0.1) is 11.3 Å². The number of carbonyl (C=O) groups is 2. The van der Waals surface area contributed by atoms with Crippen LogP contribution in [0.15, 0.2) is 46.8 Å². The maximum absolute atomic E-state index is 12.6. The number of anilines is 2. The maximum Gasteiger partial charge on any atom is 0.248 e. The predicted octanol–water partition coefficient (Wildman–Crippen LogP) is 3.73. The van der Waals surface area contributed by atoms with Crippen LogP contribution in [-0.2, 0) is 4.79 Å². The number of benzene rings is 2. The van der Waals surface area contributed by atoms with Gasteiger partial charge in [-0.25, -0.2) is 4.98 Å². The van der Waals surface area contributed by atoms with Gasteiger partial charge in [-0.3, -0.25) is 9.59 Å². The van der Waals surface area contributed by atoms with Crippen LogP contribution in [0.3, 0.4) is 0 Å². The Morgan fingerprint density at radius 2 is 1.96 bits per heavy atom. The summed E-state index contributed by atoms with van der Waals surface area (Å²) in [6.07, 6.45) is 2.25. The van der Waals surface area contributed by atoms with Gasteiger partial charge in [-0.1, -0.05) is 23.9 Å². The number of nitrogens with zero attached hydrogens (tertiary/aromatic N) is 2. The second-order valence-corrected chi connectivity index (χ2v) is 8.83. The fourth-order valence-electron chi connectivity index (χ4n) is 3.25. The lowest BCUT2D eigenvalue weighted by Gasteiger charge is -2.22. The predicted molar refractivity (Wildman–Crippen MR) is 115 cm³/mol. The largest absolute Gasteiger partial charge is 0.370 e. The molecule has 1 aliphatic rings. The number of thioether (sulfide) groups is 1. The molecule has 1 aliphatic heterocycles. The fraction of sp³-hybridized carbons (Fsp3) is 0.250. The minimum atomic E-state index is -0.507. The van der Waals surface area contributed by atoms with Gasteiger partial charge in [0.15, 0.2) is 4.34 Å². The average molecular weight is 413 g/mol. The van der Waals surface area contributed by atoms with E-state index < -0.39 is 5.91 Å². The molecule has 0 atom stereocenters. The van der Waals surface area contributed by atoms with E-state index in [9.17, 15) is 9.59 Å². The van der Waals surface area contributed by atoms with Gasteiger partial charge in [0.1, 0.15) is 0 Å². The van der Waals surface area contributed by atoms with Crippen LogP contribution in [0.1, 0.15) is 23.2 Å². The van der Waals surface area contributed by atoms with Crippen molar-refractivity contribution in [2.45, 2.75) is 17.2 Å². The highest BCUT2D eigenvalue weighted by molar-refractivity contribution is 8.01. The number of hydrogen-bond donors (Lipinski definition) is 2. The maximum atomic E-state index is 12.6. The van der Waals surface area contributed by atoms with Crippen LogP contribution in [0.2, 0.25) is 0 Å². The third-order valence-corrected chi connectivity index (χ3v) is 6.78. The number of primary amides is 1. The number of hydrogen-bond acceptors (Lipinski definition) is 6. The second-order valence-electron chi connectivity index (χ2n) is 6.57. The molecule has 1 aromatic heterocycles. The molecule has 4 rings (SSSR count). The molecule has 2 aromatic carbocycles. The molecule has 0 aliphatic carbocycles. The van der Waals surface area contributed by atoms with E-state index in [2.05, 4.69) is 15.2 Å². The van der Waals surface area contributed by atoms with E-state index in [-0.39, 0.29) is 11.7 Å². The van der Waals surface area contributed by atoms with Gasteiger partial charge in [0.05, 0.1) is 27.3 Å². The SMILES string of the molecule is NC(=O)c1ccc(N2CCCC2)c(NC(=O)CSc2nc3ccccc3s2)c1. The van der Waals surface area contributed by atoms with Gasteiger partial charge < -0.3 is 16.0 Å². The van der Waals surface area contributed by atoms with Crippen LogP contribution < -0.4 is 16.0 Å².